The van der Waals surface area contributed by atoms with Crippen molar-refractivity contribution in [2.45, 2.75) is 18.9 Å². The molecule has 1 rings (SSSR count). The van der Waals surface area contributed by atoms with Gasteiger partial charge in [0.1, 0.15) is 0 Å². The molecule has 1 fully saturated rings. The minimum absolute atomic E-state index is 0.0584. The minimum atomic E-state index is 0.0584. The summed E-state index contributed by atoms with van der Waals surface area (Å²) in [7, 11) is 4.02. The molecule has 0 bridgehead atoms. The molecule has 5 nitrogen and oxygen atoms in total. The first-order valence-corrected chi connectivity index (χ1v) is 5.91. The van der Waals surface area contributed by atoms with E-state index in [4.69, 9.17) is 4.74 Å². The van der Waals surface area contributed by atoms with Crippen LogP contribution in [0.2, 0.25) is 0 Å². The first kappa shape index (κ1) is 13.4. The Balaban J connectivity index is 1.80. The molecule has 0 saturated heterocycles. The number of amides is 1. The van der Waals surface area contributed by atoms with Gasteiger partial charge in [0.05, 0.1) is 19.8 Å². The van der Waals surface area contributed by atoms with Crippen molar-refractivity contribution in [3.8, 4) is 0 Å². The summed E-state index contributed by atoms with van der Waals surface area (Å²) < 4.78 is 5.36. The van der Waals surface area contributed by atoms with Crippen molar-refractivity contribution in [2.75, 3.05) is 46.9 Å². The summed E-state index contributed by atoms with van der Waals surface area (Å²) in [5, 5.41) is 5.98. The minimum Gasteiger partial charge on any atom is -0.378 e. The van der Waals surface area contributed by atoms with Gasteiger partial charge in [-0.2, -0.15) is 0 Å². The summed E-state index contributed by atoms with van der Waals surface area (Å²) in [6, 6.07) is 0.585. The van der Waals surface area contributed by atoms with Crippen LogP contribution in [0.1, 0.15) is 12.8 Å². The summed E-state index contributed by atoms with van der Waals surface area (Å²) in [6.45, 7) is 3.24. The van der Waals surface area contributed by atoms with Crippen molar-refractivity contribution in [1.29, 1.82) is 0 Å². The van der Waals surface area contributed by atoms with Crippen LogP contribution in [0.15, 0.2) is 0 Å². The summed E-state index contributed by atoms with van der Waals surface area (Å²) in [4.78, 5) is 13.3. The number of ether oxygens (including phenoxy) is 1. The number of hydrogen-bond acceptors (Lipinski definition) is 4. The summed E-state index contributed by atoms with van der Waals surface area (Å²) >= 11 is 0. The Morgan fingerprint density at radius 2 is 2.12 bits per heavy atom. The van der Waals surface area contributed by atoms with Crippen molar-refractivity contribution >= 4 is 5.91 Å². The van der Waals surface area contributed by atoms with Crippen LogP contribution in [0.3, 0.4) is 0 Å². The van der Waals surface area contributed by atoms with Gasteiger partial charge in [-0.05, 0) is 26.9 Å². The molecule has 1 saturated carbocycles. The van der Waals surface area contributed by atoms with E-state index in [0.717, 1.165) is 6.54 Å². The number of hydrogen-bond donors (Lipinski definition) is 2. The van der Waals surface area contributed by atoms with Crippen LogP contribution in [-0.4, -0.2) is 63.8 Å². The third-order valence-electron chi connectivity index (χ3n) is 2.38. The monoisotopic (exact) mass is 229 g/mol. The predicted molar refractivity (Wildman–Crippen MR) is 63.4 cm³/mol. The van der Waals surface area contributed by atoms with Crippen LogP contribution in [0.25, 0.3) is 0 Å². The lowest BCUT2D eigenvalue weighted by molar-refractivity contribution is -0.120. The van der Waals surface area contributed by atoms with Crippen LogP contribution < -0.4 is 10.6 Å². The number of likely N-dealkylation sites (N-methyl/N-ethyl adjacent to an activating group) is 1. The fourth-order valence-corrected chi connectivity index (χ4v) is 1.20. The lowest BCUT2D eigenvalue weighted by Crippen LogP contribution is -2.36. The fraction of sp³-hybridized carbons (Fsp3) is 0.909. The van der Waals surface area contributed by atoms with E-state index in [2.05, 4.69) is 15.5 Å². The van der Waals surface area contributed by atoms with Gasteiger partial charge in [-0.3, -0.25) is 4.79 Å². The molecule has 1 aliphatic carbocycles. The number of nitrogens with zero attached hydrogens (tertiary/aromatic N) is 1. The average molecular weight is 229 g/mol. The zero-order valence-corrected chi connectivity index (χ0v) is 10.3. The van der Waals surface area contributed by atoms with E-state index in [9.17, 15) is 4.79 Å². The normalized spacial score (nSPS) is 15.4. The quantitative estimate of drug-likeness (QED) is 0.520. The third kappa shape index (κ3) is 7.62. The molecule has 0 aliphatic heterocycles. The Kier molecular flexibility index (Phi) is 6.37. The maximum absolute atomic E-state index is 11.3. The number of nitrogens with one attached hydrogen (secondary N) is 2. The topological polar surface area (TPSA) is 53.6 Å². The molecule has 94 valence electrons. The van der Waals surface area contributed by atoms with Crippen LogP contribution in [0.5, 0.6) is 0 Å². The van der Waals surface area contributed by atoms with E-state index in [1.54, 1.807) is 0 Å². The van der Waals surface area contributed by atoms with E-state index in [1.807, 2.05) is 14.1 Å². The molecule has 0 aromatic heterocycles. The molecule has 0 heterocycles. The number of carbonyl (C=O) groups is 1. The van der Waals surface area contributed by atoms with Crippen molar-refractivity contribution in [1.82, 2.24) is 15.5 Å². The van der Waals surface area contributed by atoms with Crippen LogP contribution in [0, 0.1) is 0 Å². The summed E-state index contributed by atoms with van der Waals surface area (Å²) in [6.07, 6.45) is 2.42. The average Bonchev–Trinajstić information content (AvgIpc) is 3.03. The Morgan fingerprint density at radius 1 is 1.38 bits per heavy atom. The Hall–Kier alpha value is -0.650. The molecule has 16 heavy (non-hydrogen) atoms. The number of carbonyl (C=O) groups excluding carboxylic acids is 1. The second-order valence-corrected chi connectivity index (χ2v) is 4.42. The molecule has 1 amide bonds. The third-order valence-corrected chi connectivity index (χ3v) is 2.38. The van der Waals surface area contributed by atoms with Crippen molar-refractivity contribution < 1.29 is 9.53 Å². The van der Waals surface area contributed by atoms with E-state index in [1.165, 1.54) is 12.8 Å². The van der Waals surface area contributed by atoms with E-state index in [-0.39, 0.29) is 5.91 Å². The highest BCUT2D eigenvalue weighted by Crippen LogP contribution is 2.17. The van der Waals surface area contributed by atoms with E-state index >= 15 is 0 Å². The zero-order chi connectivity index (χ0) is 11.8. The van der Waals surface area contributed by atoms with Crippen molar-refractivity contribution in [3.63, 3.8) is 0 Å². The first-order chi connectivity index (χ1) is 7.68. The maximum atomic E-state index is 11.3. The highest BCUT2D eigenvalue weighted by atomic mass is 16.5. The van der Waals surface area contributed by atoms with Gasteiger partial charge in [0.2, 0.25) is 5.91 Å². The van der Waals surface area contributed by atoms with Gasteiger partial charge in [0, 0.05) is 19.1 Å². The highest BCUT2D eigenvalue weighted by Gasteiger charge is 2.20. The standard InChI is InChI=1S/C11H23N3O2/c1-14(2)6-8-16-7-5-12-11(15)9-13-10-3-4-10/h10,13H,3-9H2,1-2H3,(H,12,15). The first-order valence-electron chi connectivity index (χ1n) is 5.91. The molecule has 2 N–H and O–H groups in total. The smallest absolute Gasteiger partial charge is 0.234 e. The van der Waals surface area contributed by atoms with Crippen molar-refractivity contribution in [3.05, 3.63) is 0 Å². The molecule has 0 spiro atoms. The fourth-order valence-electron chi connectivity index (χ4n) is 1.20. The van der Waals surface area contributed by atoms with E-state index < -0.39 is 0 Å². The molecule has 0 atom stereocenters. The molecular formula is C11H23N3O2. The summed E-state index contributed by atoms with van der Waals surface area (Å²) in [5.41, 5.74) is 0. The Morgan fingerprint density at radius 3 is 2.75 bits per heavy atom. The molecule has 5 heteroatoms. The largest absolute Gasteiger partial charge is 0.378 e. The van der Waals surface area contributed by atoms with Crippen LogP contribution in [0.4, 0.5) is 0 Å². The van der Waals surface area contributed by atoms with Gasteiger partial charge in [0.25, 0.3) is 0 Å². The van der Waals surface area contributed by atoms with Crippen LogP contribution >= 0.6 is 0 Å². The zero-order valence-electron chi connectivity index (χ0n) is 10.3. The number of rotatable bonds is 9. The molecular weight excluding hydrogens is 206 g/mol. The van der Waals surface area contributed by atoms with Gasteiger partial charge in [0.15, 0.2) is 0 Å². The SMILES string of the molecule is CN(C)CCOCCNC(=O)CNC1CC1. The highest BCUT2D eigenvalue weighted by molar-refractivity contribution is 5.78. The van der Waals surface area contributed by atoms with Gasteiger partial charge < -0.3 is 20.3 Å². The van der Waals surface area contributed by atoms with Gasteiger partial charge in [-0.15, -0.1) is 0 Å². The molecule has 1 aliphatic rings. The van der Waals surface area contributed by atoms with E-state index in [0.29, 0.717) is 32.3 Å². The van der Waals surface area contributed by atoms with Gasteiger partial charge >= 0.3 is 0 Å². The molecule has 0 unspecified atom stereocenters. The maximum Gasteiger partial charge on any atom is 0.234 e. The second-order valence-electron chi connectivity index (χ2n) is 4.42. The Labute approximate surface area is 97.5 Å². The Bertz CT molecular complexity index is 205. The lowest BCUT2D eigenvalue weighted by Gasteiger charge is -2.10. The summed E-state index contributed by atoms with van der Waals surface area (Å²) in [5.74, 6) is 0.0584. The predicted octanol–water partition coefficient (Wildman–Crippen LogP) is -0.567. The molecule has 0 aromatic carbocycles. The van der Waals surface area contributed by atoms with Gasteiger partial charge in [-0.25, -0.2) is 0 Å². The molecule has 0 radical (unpaired) electrons. The van der Waals surface area contributed by atoms with Crippen LogP contribution in [-0.2, 0) is 9.53 Å². The van der Waals surface area contributed by atoms with Crippen molar-refractivity contribution in [2.24, 2.45) is 0 Å². The molecule has 0 aromatic rings. The second kappa shape index (κ2) is 7.60. The lowest BCUT2D eigenvalue weighted by atomic mass is 10.5. The van der Waals surface area contributed by atoms with Gasteiger partial charge in [-0.1, -0.05) is 0 Å².